The number of Topliss-reactive ketones (excluding diaryl/α,β-unsaturated/α-hetero) is 1. The van der Waals surface area contributed by atoms with Crippen molar-refractivity contribution in [2.75, 3.05) is 5.32 Å². The number of hydrogen-bond acceptors (Lipinski definition) is 2. The molecule has 0 spiro atoms. The third kappa shape index (κ3) is 5.54. The molecule has 1 unspecified atom stereocenters. The van der Waals surface area contributed by atoms with Crippen LogP contribution in [-0.2, 0) is 0 Å². The first-order valence-corrected chi connectivity index (χ1v) is 14.5. The van der Waals surface area contributed by atoms with Gasteiger partial charge in [0.05, 0.1) is 0 Å². The normalized spacial score (nSPS) is 11.6. The van der Waals surface area contributed by atoms with Gasteiger partial charge in [-0.05, 0) is 48.5 Å². The summed E-state index contributed by atoms with van der Waals surface area (Å²) in [7, 11) is -2.63. The van der Waals surface area contributed by atoms with Gasteiger partial charge < -0.3 is 22.3 Å². The van der Waals surface area contributed by atoms with Crippen molar-refractivity contribution in [1.29, 1.82) is 0 Å². The zero-order valence-electron chi connectivity index (χ0n) is 20.7. The summed E-state index contributed by atoms with van der Waals surface area (Å²) in [6.07, 6.45) is 0. The zero-order valence-corrected chi connectivity index (χ0v) is 23.9. The Bertz CT molecular complexity index is 1370. The maximum Gasteiger partial charge on any atom is 0.211 e. The molecule has 0 saturated carbocycles. The number of ketones is 1. The first kappa shape index (κ1) is 27.6. The highest BCUT2D eigenvalue weighted by Gasteiger charge is 2.57. The van der Waals surface area contributed by atoms with Crippen LogP contribution in [0.15, 0.2) is 152 Å². The number of rotatable bonds is 8. The predicted octanol–water partition coefficient (Wildman–Crippen LogP) is 3.68. The summed E-state index contributed by atoms with van der Waals surface area (Å²) < 4.78 is 0. The molecule has 1 N–H and O–H groups in total. The number of para-hydroxylation sites is 1. The molecule has 2 nitrogen and oxygen atoms in total. The van der Waals surface area contributed by atoms with Crippen LogP contribution in [-0.4, -0.2) is 16.4 Å². The van der Waals surface area contributed by atoms with E-state index >= 15 is 0 Å². The number of halogens is 1. The van der Waals surface area contributed by atoms with Crippen molar-refractivity contribution in [3.8, 4) is 0 Å². The van der Waals surface area contributed by atoms with Gasteiger partial charge in [0.1, 0.15) is 28.2 Å². The Balaban J connectivity index is 0.00000336. The van der Waals surface area contributed by atoms with Crippen molar-refractivity contribution >= 4 is 51.9 Å². The van der Waals surface area contributed by atoms with Gasteiger partial charge in [0.2, 0.25) is 5.78 Å². The van der Waals surface area contributed by atoms with Crippen LogP contribution < -0.4 is 38.2 Å². The van der Waals surface area contributed by atoms with E-state index in [1.54, 1.807) is 0 Å². The topological polar surface area (TPSA) is 29.1 Å². The molecule has 0 bridgehead atoms. The molecule has 0 radical (unpaired) electrons. The van der Waals surface area contributed by atoms with Crippen molar-refractivity contribution in [2.24, 2.45) is 0 Å². The molecule has 0 heterocycles. The van der Waals surface area contributed by atoms with Gasteiger partial charge in [-0.25, -0.2) is 0 Å². The number of carbonyl (C=O) groups is 1. The minimum Gasteiger partial charge on any atom is -1.00 e. The van der Waals surface area contributed by atoms with E-state index in [9.17, 15) is 4.79 Å². The lowest BCUT2D eigenvalue weighted by Crippen LogP contribution is -3.00. The summed E-state index contributed by atoms with van der Waals surface area (Å²) in [5.74, 6) is 0.0129. The maximum atomic E-state index is 14.6. The fraction of sp³-hybridized carbons (Fsp3) is 0.0303. The molecular formula is C33H27BrNOPS. The Kier molecular flexibility index (Phi) is 9.36. The Labute approximate surface area is 240 Å². The van der Waals surface area contributed by atoms with Gasteiger partial charge in [0, 0.05) is 11.3 Å². The first-order chi connectivity index (χ1) is 18.2. The van der Waals surface area contributed by atoms with E-state index in [1.807, 2.05) is 115 Å². The van der Waals surface area contributed by atoms with E-state index in [1.165, 1.54) is 0 Å². The van der Waals surface area contributed by atoms with Crippen molar-refractivity contribution in [3.63, 3.8) is 0 Å². The van der Waals surface area contributed by atoms with Gasteiger partial charge >= 0.3 is 0 Å². The quantitative estimate of drug-likeness (QED) is 0.169. The standard InChI is InChI=1S/C33H26NOPS.BrH/c35-31(26-16-6-1-7-17-26)32(33(37)34-27-18-8-2-9-19-27)36(28-20-10-3-11-21-28,29-22-12-4-13-23-29)30-24-14-5-15-25-30;/h1-25,32H;1H. The summed E-state index contributed by atoms with van der Waals surface area (Å²) in [4.78, 5) is 15.2. The molecule has 5 aromatic carbocycles. The van der Waals surface area contributed by atoms with Gasteiger partial charge in [0.25, 0.3) is 0 Å². The highest BCUT2D eigenvalue weighted by molar-refractivity contribution is 7.99. The Hall–Kier alpha value is -3.43. The lowest BCUT2D eigenvalue weighted by Gasteiger charge is -2.34. The van der Waals surface area contributed by atoms with E-state index in [4.69, 9.17) is 12.2 Å². The van der Waals surface area contributed by atoms with E-state index < -0.39 is 12.9 Å². The third-order valence-electron chi connectivity index (χ3n) is 6.47. The summed E-state index contributed by atoms with van der Waals surface area (Å²) in [5.41, 5.74) is 0.903. The molecule has 188 valence electrons. The SMILES string of the molecule is O=C(c1ccccc1)C(C(=S)Nc1ccccc1)[P+](c1ccccc1)(c1ccccc1)c1ccccc1.[Br-]. The Morgan fingerprint density at radius 2 is 0.895 bits per heavy atom. The zero-order chi connectivity index (χ0) is 25.5. The number of carbonyl (C=O) groups excluding carboxylic acids is 1. The van der Waals surface area contributed by atoms with Crippen LogP contribution in [0.5, 0.6) is 0 Å². The Morgan fingerprint density at radius 3 is 1.29 bits per heavy atom. The van der Waals surface area contributed by atoms with Gasteiger partial charge in [0.15, 0.2) is 5.66 Å². The summed E-state index contributed by atoms with van der Waals surface area (Å²) in [5, 5.41) is 6.78. The van der Waals surface area contributed by atoms with Crippen molar-refractivity contribution in [3.05, 3.63) is 157 Å². The van der Waals surface area contributed by atoms with Crippen molar-refractivity contribution in [2.45, 2.75) is 5.66 Å². The summed E-state index contributed by atoms with van der Waals surface area (Å²) in [6, 6.07) is 50.6. The monoisotopic (exact) mass is 595 g/mol. The highest BCUT2D eigenvalue weighted by atomic mass is 79.9. The van der Waals surface area contributed by atoms with E-state index in [2.05, 4.69) is 41.7 Å². The van der Waals surface area contributed by atoms with Crippen molar-refractivity contribution in [1.82, 2.24) is 0 Å². The summed E-state index contributed by atoms with van der Waals surface area (Å²) in [6.45, 7) is 0. The lowest BCUT2D eigenvalue weighted by atomic mass is 10.1. The largest absolute Gasteiger partial charge is 1.00 e. The molecule has 5 aromatic rings. The average molecular weight is 597 g/mol. The second kappa shape index (κ2) is 12.9. The first-order valence-electron chi connectivity index (χ1n) is 12.2. The molecule has 38 heavy (non-hydrogen) atoms. The van der Waals surface area contributed by atoms with Gasteiger partial charge in [-0.3, -0.25) is 4.79 Å². The molecule has 0 saturated heterocycles. The third-order valence-corrected chi connectivity index (χ3v) is 11.6. The molecule has 0 amide bonds. The second-order valence-corrected chi connectivity index (χ2v) is 12.7. The number of benzene rings is 5. The maximum absolute atomic E-state index is 14.6. The smallest absolute Gasteiger partial charge is 0.211 e. The number of hydrogen-bond donors (Lipinski definition) is 1. The summed E-state index contributed by atoms with van der Waals surface area (Å²) >= 11 is 6.18. The number of anilines is 1. The van der Waals surface area contributed by atoms with Gasteiger partial charge in [-0.1, -0.05) is 115 Å². The number of thiocarbonyl (C=S) groups is 1. The minimum absolute atomic E-state index is 0. The van der Waals surface area contributed by atoms with E-state index in [0.717, 1.165) is 21.6 Å². The van der Waals surface area contributed by atoms with Crippen LogP contribution in [0.2, 0.25) is 0 Å². The Morgan fingerprint density at radius 1 is 0.553 bits per heavy atom. The van der Waals surface area contributed by atoms with Gasteiger partial charge in [-0.15, -0.1) is 0 Å². The molecule has 0 fully saturated rings. The minimum atomic E-state index is -2.63. The van der Waals surface area contributed by atoms with E-state index in [-0.39, 0.29) is 22.8 Å². The van der Waals surface area contributed by atoms with Crippen molar-refractivity contribution < 1.29 is 21.8 Å². The fourth-order valence-corrected chi connectivity index (χ4v) is 10.2. The van der Waals surface area contributed by atoms with Gasteiger partial charge in [-0.2, -0.15) is 0 Å². The molecular weight excluding hydrogens is 569 g/mol. The predicted molar refractivity (Wildman–Crippen MR) is 162 cm³/mol. The van der Waals surface area contributed by atoms with Crippen LogP contribution >= 0.6 is 19.5 Å². The second-order valence-electron chi connectivity index (χ2n) is 8.72. The molecule has 5 rings (SSSR count). The molecule has 0 aromatic heterocycles. The fourth-order valence-electron chi connectivity index (χ4n) is 4.85. The van der Waals surface area contributed by atoms with Crippen LogP contribution in [0.25, 0.3) is 0 Å². The van der Waals surface area contributed by atoms with E-state index in [0.29, 0.717) is 10.6 Å². The molecule has 1 atom stereocenters. The average Bonchev–Trinajstić information content (AvgIpc) is 2.98. The lowest BCUT2D eigenvalue weighted by molar-refractivity contribution is -0.0000147. The van der Waals surface area contributed by atoms with Crippen LogP contribution in [0.3, 0.4) is 0 Å². The molecule has 0 aliphatic rings. The van der Waals surface area contributed by atoms with Crippen LogP contribution in [0.1, 0.15) is 10.4 Å². The number of nitrogens with one attached hydrogen (secondary N) is 1. The molecule has 0 aliphatic carbocycles. The molecule has 0 aliphatic heterocycles. The van der Waals surface area contributed by atoms with Crippen LogP contribution in [0.4, 0.5) is 5.69 Å². The molecule has 5 heteroatoms. The van der Waals surface area contributed by atoms with Crippen LogP contribution in [0, 0.1) is 0 Å². The highest BCUT2D eigenvalue weighted by Crippen LogP contribution is 2.61.